The zero-order valence-electron chi connectivity index (χ0n) is 13.6. The number of ether oxygens (including phenoxy) is 1. The van der Waals surface area contributed by atoms with Crippen molar-refractivity contribution in [1.82, 2.24) is 5.32 Å². The second-order valence-electron chi connectivity index (χ2n) is 8.10. The van der Waals surface area contributed by atoms with Gasteiger partial charge in [-0.2, -0.15) is 0 Å². The first-order valence-electron chi connectivity index (χ1n) is 8.78. The Morgan fingerprint density at radius 2 is 1.87 bits per heavy atom. The lowest BCUT2D eigenvalue weighted by atomic mass is 9.50. The number of carbonyl (C=O) groups excluding carboxylic acids is 1. The standard InChI is InChI=1S/C19H26N2O2/c20-18-7-15-6-16(8-18)10-19(9-15,13-18)21-11-17(22)23-12-14-4-2-1-3-5-14/h1-5,15-16,21H,6-13,20H2/t15-,16+,18?,19?. The third-order valence-electron chi connectivity index (χ3n) is 5.96. The van der Waals surface area contributed by atoms with Crippen molar-refractivity contribution in [2.75, 3.05) is 6.54 Å². The Labute approximate surface area is 137 Å². The van der Waals surface area contributed by atoms with Crippen LogP contribution in [0.15, 0.2) is 30.3 Å². The van der Waals surface area contributed by atoms with Crippen LogP contribution in [0.1, 0.15) is 44.1 Å². The number of nitrogens with two attached hydrogens (primary N) is 1. The van der Waals surface area contributed by atoms with Crippen molar-refractivity contribution in [2.45, 2.75) is 56.2 Å². The Morgan fingerprint density at radius 3 is 2.52 bits per heavy atom. The number of hydrogen-bond acceptors (Lipinski definition) is 4. The van der Waals surface area contributed by atoms with E-state index in [4.69, 9.17) is 10.5 Å². The van der Waals surface area contributed by atoms with Gasteiger partial charge < -0.3 is 15.8 Å². The van der Waals surface area contributed by atoms with E-state index in [0.29, 0.717) is 13.2 Å². The van der Waals surface area contributed by atoms with Crippen molar-refractivity contribution in [1.29, 1.82) is 0 Å². The zero-order chi connectivity index (χ0) is 15.9. The highest BCUT2D eigenvalue weighted by Gasteiger charge is 2.56. The van der Waals surface area contributed by atoms with Gasteiger partial charge in [-0.25, -0.2) is 0 Å². The predicted octanol–water partition coefficient (Wildman–Crippen LogP) is 2.37. The summed E-state index contributed by atoms with van der Waals surface area (Å²) in [7, 11) is 0. The summed E-state index contributed by atoms with van der Waals surface area (Å²) < 4.78 is 5.38. The first-order chi connectivity index (χ1) is 11.0. The molecule has 23 heavy (non-hydrogen) atoms. The van der Waals surface area contributed by atoms with Crippen LogP contribution < -0.4 is 11.1 Å². The van der Waals surface area contributed by atoms with Crippen LogP contribution >= 0.6 is 0 Å². The molecule has 4 atom stereocenters. The molecule has 4 fully saturated rings. The van der Waals surface area contributed by atoms with Crippen molar-refractivity contribution in [3.8, 4) is 0 Å². The smallest absolute Gasteiger partial charge is 0.320 e. The molecule has 1 aromatic rings. The van der Waals surface area contributed by atoms with Crippen LogP contribution in [-0.2, 0) is 16.1 Å². The van der Waals surface area contributed by atoms with E-state index >= 15 is 0 Å². The van der Waals surface area contributed by atoms with E-state index in [2.05, 4.69) is 5.32 Å². The Morgan fingerprint density at radius 1 is 1.17 bits per heavy atom. The molecule has 1 aromatic carbocycles. The topological polar surface area (TPSA) is 64.3 Å². The van der Waals surface area contributed by atoms with Gasteiger partial charge in [0.25, 0.3) is 0 Å². The lowest BCUT2D eigenvalue weighted by Crippen LogP contribution is -2.67. The molecule has 4 aliphatic rings. The summed E-state index contributed by atoms with van der Waals surface area (Å²) in [6, 6.07) is 9.81. The lowest BCUT2D eigenvalue weighted by Gasteiger charge is -2.61. The largest absolute Gasteiger partial charge is 0.460 e. The van der Waals surface area contributed by atoms with E-state index in [-0.39, 0.29) is 17.0 Å². The number of hydrogen-bond donors (Lipinski definition) is 2. The molecular weight excluding hydrogens is 288 g/mol. The maximum atomic E-state index is 12.1. The fourth-order valence-electron chi connectivity index (χ4n) is 5.59. The summed E-state index contributed by atoms with van der Waals surface area (Å²) in [5.74, 6) is 1.32. The summed E-state index contributed by atoms with van der Waals surface area (Å²) in [6.07, 6.45) is 7.04. The second-order valence-corrected chi connectivity index (χ2v) is 8.10. The van der Waals surface area contributed by atoms with Crippen LogP contribution in [0.5, 0.6) is 0 Å². The number of carbonyl (C=O) groups is 1. The van der Waals surface area contributed by atoms with Crippen molar-refractivity contribution >= 4 is 5.97 Å². The molecule has 5 rings (SSSR count). The van der Waals surface area contributed by atoms with Gasteiger partial charge in [-0.15, -0.1) is 0 Å². The molecule has 0 saturated heterocycles. The third-order valence-corrected chi connectivity index (χ3v) is 5.96. The quantitative estimate of drug-likeness (QED) is 0.819. The van der Waals surface area contributed by atoms with Gasteiger partial charge in [0.1, 0.15) is 6.61 Å². The molecule has 4 heteroatoms. The van der Waals surface area contributed by atoms with Gasteiger partial charge in [-0.05, 0) is 55.9 Å². The van der Waals surface area contributed by atoms with E-state index in [1.54, 1.807) is 0 Å². The van der Waals surface area contributed by atoms with E-state index in [9.17, 15) is 4.79 Å². The van der Waals surface area contributed by atoms with Gasteiger partial charge in [-0.1, -0.05) is 30.3 Å². The fraction of sp³-hybridized carbons (Fsp3) is 0.632. The van der Waals surface area contributed by atoms with Crippen LogP contribution in [0.25, 0.3) is 0 Å². The van der Waals surface area contributed by atoms with Crippen molar-refractivity contribution in [3.63, 3.8) is 0 Å². The summed E-state index contributed by atoms with van der Waals surface area (Å²) in [6.45, 7) is 0.642. The number of benzene rings is 1. The normalized spacial score (nSPS) is 37.8. The molecule has 4 saturated carbocycles. The molecule has 4 nitrogen and oxygen atoms in total. The van der Waals surface area contributed by atoms with Gasteiger partial charge in [0.2, 0.25) is 0 Å². The highest BCUT2D eigenvalue weighted by Crippen LogP contribution is 2.56. The van der Waals surface area contributed by atoms with Crippen LogP contribution in [0.3, 0.4) is 0 Å². The van der Waals surface area contributed by atoms with Crippen molar-refractivity contribution in [3.05, 3.63) is 35.9 Å². The van der Waals surface area contributed by atoms with Crippen molar-refractivity contribution in [2.24, 2.45) is 17.6 Å². The monoisotopic (exact) mass is 314 g/mol. The summed E-state index contributed by atoms with van der Waals surface area (Å²) in [5, 5.41) is 3.53. The van der Waals surface area contributed by atoms with Crippen LogP contribution in [0, 0.1) is 11.8 Å². The van der Waals surface area contributed by atoms with Crippen LogP contribution in [0.4, 0.5) is 0 Å². The highest BCUT2D eigenvalue weighted by atomic mass is 16.5. The summed E-state index contributed by atoms with van der Waals surface area (Å²) >= 11 is 0. The average Bonchev–Trinajstić information content (AvgIpc) is 2.50. The fourth-order valence-corrected chi connectivity index (χ4v) is 5.59. The molecule has 2 unspecified atom stereocenters. The van der Waals surface area contributed by atoms with E-state index in [1.165, 1.54) is 32.1 Å². The number of esters is 1. The molecule has 0 aromatic heterocycles. The SMILES string of the molecule is NC12C[C@H]3C[C@@H](C1)CC(NCC(=O)OCc1ccccc1)(C3)C2. The van der Waals surface area contributed by atoms with Crippen molar-refractivity contribution < 1.29 is 9.53 Å². The van der Waals surface area contributed by atoms with Gasteiger partial charge in [0.05, 0.1) is 6.54 Å². The second kappa shape index (κ2) is 5.60. The maximum Gasteiger partial charge on any atom is 0.320 e. The minimum Gasteiger partial charge on any atom is -0.460 e. The highest BCUT2D eigenvalue weighted by molar-refractivity contribution is 5.71. The average molecular weight is 314 g/mol. The minimum atomic E-state index is -0.171. The van der Waals surface area contributed by atoms with Gasteiger partial charge in [0, 0.05) is 11.1 Å². The molecule has 0 spiro atoms. The molecule has 0 aliphatic heterocycles. The molecule has 4 aliphatic carbocycles. The zero-order valence-corrected chi connectivity index (χ0v) is 13.6. The van der Waals surface area contributed by atoms with E-state index < -0.39 is 0 Å². The Kier molecular flexibility index (Phi) is 3.69. The summed E-state index contributed by atoms with van der Waals surface area (Å²) in [5.41, 5.74) is 7.69. The molecule has 0 heterocycles. The Hall–Kier alpha value is -1.39. The Balaban J connectivity index is 1.31. The maximum absolute atomic E-state index is 12.1. The molecule has 124 valence electrons. The first-order valence-corrected chi connectivity index (χ1v) is 8.78. The predicted molar refractivity (Wildman–Crippen MR) is 88.6 cm³/mol. The molecular formula is C19H26N2O2. The number of nitrogens with one attached hydrogen (secondary N) is 1. The van der Waals surface area contributed by atoms with Crippen LogP contribution in [-0.4, -0.2) is 23.6 Å². The molecule has 0 amide bonds. The first kappa shape index (κ1) is 15.2. The third kappa shape index (κ3) is 3.15. The minimum absolute atomic E-state index is 0.00499. The Bertz CT molecular complexity index is 572. The van der Waals surface area contributed by atoms with Gasteiger partial charge in [0.15, 0.2) is 0 Å². The van der Waals surface area contributed by atoms with Gasteiger partial charge >= 0.3 is 5.97 Å². The molecule has 3 N–H and O–H groups in total. The van der Waals surface area contributed by atoms with E-state index in [1.807, 2.05) is 30.3 Å². The van der Waals surface area contributed by atoms with Crippen LogP contribution in [0.2, 0.25) is 0 Å². The van der Waals surface area contributed by atoms with E-state index in [0.717, 1.165) is 23.8 Å². The number of rotatable bonds is 5. The molecule has 0 radical (unpaired) electrons. The molecule has 4 bridgehead atoms. The lowest BCUT2D eigenvalue weighted by molar-refractivity contribution is -0.145. The summed E-state index contributed by atoms with van der Waals surface area (Å²) in [4.78, 5) is 12.1. The van der Waals surface area contributed by atoms with Gasteiger partial charge in [-0.3, -0.25) is 4.79 Å².